The summed E-state index contributed by atoms with van der Waals surface area (Å²) in [6.45, 7) is 0.880. The first-order valence-corrected chi connectivity index (χ1v) is 10.4. The van der Waals surface area contributed by atoms with E-state index >= 15 is 0 Å². The molecule has 2 N–H and O–H groups in total. The highest BCUT2D eigenvalue weighted by atomic mass is 35.5. The minimum absolute atomic E-state index is 0.182. The highest BCUT2D eigenvalue weighted by Crippen LogP contribution is 2.31. The molecule has 2 aromatic rings. The Morgan fingerprint density at radius 2 is 1.81 bits per heavy atom. The van der Waals surface area contributed by atoms with Crippen LogP contribution in [-0.2, 0) is 11.3 Å². The summed E-state index contributed by atoms with van der Waals surface area (Å²) in [5, 5.41) is 6.30. The third-order valence-electron chi connectivity index (χ3n) is 5.75. The molecule has 2 fully saturated rings. The van der Waals surface area contributed by atoms with Crippen LogP contribution in [0.1, 0.15) is 18.4 Å². The largest absolute Gasteiger partial charge is 0.495 e. The number of rotatable bonds is 4. The first-order chi connectivity index (χ1) is 14.9. The number of piperidine rings is 1. The fourth-order valence-corrected chi connectivity index (χ4v) is 4.09. The van der Waals surface area contributed by atoms with Gasteiger partial charge in [0.25, 0.3) is 5.91 Å². The van der Waals surface area contributed by atoms with Gasteiger partial charge in [0.05, 0.1) is 19.3 Å². The molecule has 0 aliphatic carbocycles. The fourth-order valence-electron chi connectivity index (χ4n) is 3.96. The summed E-state index contributed by atoms with van der Waals surface area (Å²) < 4.78 is 5.26. The molecular weight excluding hydrogens is 420 g/mol. The van der Waals surface area contributed by atoms with E-state index in [0.29, 0.717) is 42.4 Å². The van der Waals surface area contributed by atoms with Crippen LogP contribution < -0.4 is 15.4 Å². The Kier molecular flexibility index (Phi) is 5.73. The van der Waals surface area contributed by atoms with Crippen LogP contribution in [0.15, 0.2) is 48.5 Å². The Morgan fingerprint density at radius 3 is 2.48 bits per heavy atom. The van der Waals surface area contributed by atoms with Crippen molar-refractivity contribution < 1.29 is 19.1 Å². The number of likely N-dealkylation sites (tertiary alicyclic amines) is 1. The van der Waals surface area contributed by atoms with Crippen LogP contribution in [0.5, 0.6) is 5.75 Å². The van der Waals surface area contributed by atoms with Crippen molar-refractivity contribution in [1.29, 1.82) is 0 Å². The highest BCUT2D eigenvalue weighted by Gasteiger charge is 2.52. The lowest BCUT2D eigenvalue weighted by Gasteiger charge is -2.37. The molecule has 0 unspecified atom stereocenters. The summed E-state index contributed by atoms with van der Waals surface area (Å²) in [6, 6.07) is 13.5. The molecule has 2 aliphatic heterocycles. The van der Waals surface area contributed by atoms with E-state index in [0.717, 1.165) is 5.56 Å². The Morgan fingerprint density at radius 1 is 1.13 bits per heavy atom. The second-order valence-corrected chi connectivity index (χ2v) is 8.08. The lowest BCUT2D eigenvalue weighted by Crippen LogP contribution is -2.56. The number of nitrogens with zero attached hydrogens (tertiary/aromatic N) is 2. The number of hydrogen-bond donors (Lipinski definition) is 2. The molecule has 2 saturated heterocycles. The third kappa shape index (κ3) is 4.16. The van der Waals surface area contributed by atoms with Crippen LogP contribution in [0.3, 0.4) is 0 Å². The number of para-hydroxylation sites is 2. The van der Waals surface area contributed by atoms with Gasteiger partial charge in [-0.15, -0.1) is 0 Å². The summed E-state index contributed by atoms with van der Waals surface area (Å²) in [7, 11) is 1.54. The SMILES string of the molecule is COc1ccccc1NC(=O)N1CCC2(CC1)NC(=O)N(Cc1ccc(Cl)cc1)C2=O. The van der Waals surface area contributed by atoms with E-state index in [-0.39, 0.29) is 18.5 Å². The van der Waals surface area contributed by atoms with Crippen molar-refractivity contribution in [3.8, 4) is 5.75 Å². The maximum atomic E-state index is 13.1. The van der Waals surface area contributed by atoms with E-state index < -0.39 is 11.6 Å². The monoisotopic (exact) mass is 442 g/mol. The second kappa shape index (κ2) is 8.47. The maximum absolute atomic E-state index is 13.1. The van der Waals surface area contributed by atoms with Gasteiger partial charge in [0.2, 0.25) is 0 Å². The van der Waals surface area contributed by atoms with Crippen LogP contribution in [-0.4, -0.2) is 53.5 Å². The number of benzene rings is 2. The third-order valence-corrected chi connectivity index (χ3v) is 6.00. The Hall–Kier alpha value is -3.26. The van der Waals surface area contributed by atoms with Crippen molar-refractivity contribution in [3.05, 3.63) is 59.1 Å². The Balaban J connectivity index is 1.39. The summed E-state index contributed by atoms with van der Waals surface area (Å²) in [6.07, 6.45) is 0.710. The quantitative estimate of drug-likeness (QED) is 0.709. The minimum Gasteiger partial charge on any atom is -0.495 e. The minimum atomic E-state index is -0.968. The number of urea groups is 2. The average molecular weight is 443 g/mol. The first kappa shape index (κ1) is 21.0. The number of hydrogen-bond acceptors (Lipinski definition) is 4. The number of anilines is 1. The zero-order valence-corrected chi connectivity index (χ0v) is 17.8. The van der Waals surface area contributed by atoms with Gasteiger partial charge < -0.3 is 20.3 Å². The zero-order valence-electron chi connectivity index (χ0n) is 17.1. The molecule has 31 heavy (non-hydrogen) atoms. The van der Waals surface area contributed by atoms with Crippen LogP contribution >= 0.6 is 11.6 Å². The molecule has 4 rings (SSSR count). The number of halogens is 1. The van der Waals surface area contributed by atoms with Crippen molar-refractivity contribution in [2.75, 3.05) is 25.5 Å². The van der Waals surface area contributed by atoms with Crippen LogP contribution in [0.4, 0.5) is 15.3 Å². The Labute approximate surface area is 185 Å². The summed E-state index contributed by atoms with van der Waals surface area (Å²) in [5.41, 5.74) is 0.429. The van der Waals surface area contributed by atoms with Gasteiger partial charge in [0.15, 0.2) is 0 Å². The van der Waals surface area contributed by atoms with Gasteiger partial charge in [0, 0.05) is 18.1 Å². The molecule has 2 heterocycles. The first-order valence-electron chi connectivity index (χ1n) is 9.99. The van der Waals surface area contributed by atoms with E-state index in [1.165, 1.54) is 4.90 Å². The van der Waals surface area contributed by atoms with Crippen LogP contribution in [0.2, 0.25) is 5.02 Å². The molecule has 1 spiro atoms. The smallest absolute Gasteiger partial charge is 0.325 e. The van der Waals surface area contributed by atoms with Gasteiger partial charge in [-0.3, -0.25) is 9.69 Å². The molecule has 0 radical (unpaired) electrons. The maximum Gasteiger partial charge on any atom is 0.325 e. The molecular formula is C22H23ClN4O4. The van der Waals surface area contributed by atoms with Gasteiger partial charge in [-0.25, -0.2) is 9.59 Å². The molecule has 8 nitrogen and oxygen atoms in total. The van der Waals surface area contributed by atoms with Crippen LogP contribution in [0.25, 0.3) is 0 Å². The molecule has 162 valence electrons. The Bertz CT molecular complexity index is 1000. The second-order valence-electron chi connectivity index (χ2n) is 7.65. The molecule has 2 aliphatic rings. The molecule has 0 bridgehead atoms. The lowest BCUT2D eigenvalue weighted by atomic mass is 9.87. The van der Waals surface area contributed by atoms with Crippen molar-refractivity contribution in [2.45, 2.75) is 24.9 Å². The molecule has 9 heteroatoms. The predicted octanol–water partition coefficient (Wildman–Crippen LogP) is 3.47. The van der Waals surface area contributed by atoms with Crippen molar-refractivity contribution in [1.82, 2.24) is 15.1 Å². The molecule has 2 aromatic carbocycles. The topological polar surface area (TPSA) is 91.0 Å². The number of methoxy groups -OCH3 is 1. The number of carbonyl (C=O) groups is 3. The van der Waals surface area contributed by atoms with Gasteiger partial charge >= 0.3 is 12.1 Å². The summed E-state index contributed by atoms with van der Waals surface area (Å²) in [4.78, 5) is 41.2. The lowest BCUT2D eigenvalue weighted by molar-refractivity contribution is -0.133. The van der Waals surface area contributed by atoms with E-state index in [2.05, 4.69) is 10.6 Å². The van der Waals surface area contributed by atoms with E-state index in [4.69, 9.17) is 16.3 Å². The normalized spacial score (nSPS) is 17.6. The highest BCUT2D eigenvalue weighted by molar-refractivity contribution is 6.30. The molecule has 0 aromatic heterocycles. The van der Waals surface area contributed by atoms with E-state index in [1.54, 1.807) is 48.4 Å². The number of nitrogens with one attached hydrogen (secondary N) is 2. The predicted molar refractivity (Wildman–Crippen MR) is 116 cm³/mol. The summed E-state index contributed by atoms with van der Waals surface area (Å²) in [5.74, 6) is 0.317. The zero-order chi connectivity index (χ0) is 22.0. The number of ether oxygens (including phenoxy) is 1. The van der Waals surface area contributed by atoms with Gasteiger partial charge in [-0.05, 0) is 42.7 Å². The van der Waals surface area contributed by atoms with Crippen molar-refractivity contribution in [3.63, 3.8) is 0 Å². The number of amides is 5. The standard InChI is InChI=1S/C22H23ClN4O4/c1-31-18-5-3-2-4-17(18)24-20(29)26-12-10-22(11-13-26)19(28)27(21(30)25-22)14-15-6-8-16(23)9-7-15/h2-9H,10-14H2,1H3,(H,24,29)(H,25,30). The number of carbonyl (C=O) groups excluding carboxylic acids is 3. The van der Waals surface area contributed by atoms with Crippen molar-refractivity contribution in [2.24, 2.45) is 0 Å². The van der Waals surface area contributed by atoms with Crippen molar-refractivity contribution >= 4 is 35.3 Å². The average Bonchev–Trinajstić information content (AvgIpc) is 3.00. The van der Waals surface area contributed by atoms with E-state index in [1.807, 2.05) is 12.1 Å². The summed E-state index contributed by atoms with van der Waals surface area (Å²) >= 11 is 5.91. The van der Waals surface area contributed by atoms with Crippen LogP contribution in [0, 0.1) is 0 Å². The number of imide groups is 1. The molecule has 0 atom stereocenters. The van der Waals surface area contributed by atoms with Gasteiger partial charge in [-0.1, -0.05) is 35.9 Å². The van der Waals surface area contributed by atoms with Gasteiger partial charge in [-0.2, -0.15) is 0 Å². The fraction of sp³-hybridized carbons (Fsp3) is 0.318. The van der Waals surface area contributed by atoms with Gasteiger partial charge in [0.1, 0.15) is 11.3 Å². The molecule has 0 saturated carbocycles. The molecule has 5 amide bonds. The van der Waals surface area contributed by atoms with E-state index in [9.17, 15) is 14.4 Å².